The van der Waals surface area contributed by atoms with Crippen LogP contribution in [0, 0.1) is 5.92 Å². The van der Waals surface area contributed by atoms with Crippen molar-refractivity contribution < 1.29 is 14.3 Å². The van der Waals surface area contributed by atoms with Crippen LogP contribution in [0.1, 0.15) is 19.8 Å². The van der Waals surface area contributed by atoms with Gasteiger partial charge in [-0.1, -0.05) is 0 Å². The predicted octanol–water partition coefficient (Wildman–Crippen LogP) is 0.170. The molecule has 2 rings (SSSR count). The van der Waals surface area contributed by atoms with Crippen LogP contribution in [-0.4, -0.2) is 36.0 Å². The molecule has 1 aliphatic carbocycles. The number of ether oxygens (including phenoxy) is 1. The monoisotopic (exact) mass is 183 g/mol. The van der Waals surface area contributed by atoms with Crippen molar-refractivity contribution in [1.29, 1.82) is 0 Å². The van der Waals surface area contributed by atoms with Crippen LogP contribution >= 0.6 is 0 Å². The van der Waals surface area contributed by atoms with Crippen LogP contribution in [0.5, 0.6) is 0 Å². The minimum Gasteiger partial charge on any atom is -0.459 e. The van der Waals surface area contributed by atoms with E-state index in [9.17, 15) is 9.59 Å². The largest absolute Gasteiger partial charge is 0.459 e. The zero-order valence-corrected chi connectivity index (χ0v) is 7.66. The Kier molecular flexibility index (Phi) is 1.98. The van der Waals surface area contributed by atoms with E-state index in [2.05, 4.69) is 0 Å². The van der Waals surface area contributed by atoms with Gasteiger partial charge in [-0.25, -0.2) is 0 Å². The first kappa shape index (κ1) is 8.53. The Balaban J connectivity index is 1.71. The topological polar surface area (TPSA) is 46.6 Å². The Morgan fingerprint density at radius 3 is 2.38 bits per heavy atom. The van der Waals surface area contributed by atoms with Crippen molar-refractivity contribution in [3.63, 3.8) is 0 Å². The third kappa shape index (κ3) is 1.82. The number of rotatable bonds is 2. The minimum absolute atomic E-state index is 0.0554. The summed E-state index contributed by atoms with van der Waals surface area (Å²) in [6, 6.07) is 0. The Hall–Kier alpha value is -1.06. The van der Waals surface area contributed by atoms with Crippen molar-refractivity contribution >= 4 is 11.9 Å². The molecule has 2 aliphatic rings. The van der Waals surface area contributed by atoms with Crippen LogP contribution in [0.4, 0.5) is 0 Å². The molecular formula is C9H13NO3. The summed E-state index contributed by atoms with van der Waals surface area (Å²) in [6.07, 6.45) is 2.02. The molecule has 13 heavy (non-hydrogen) atoms. The number of hydrogen-bond donors (Lipinski definition) is 0. The molecule has 1 amide bonds. The molecule has 2 fully saturated rings. The van der Waals surface area contributed by atoms with E-state index in [4.69, 9.17) is 4.74 Å². The summed E-state index contributed by atoms with van der Waals surface area (Å²) in [5.41, 5.74) is 0. The summed E-state index contributed by atoms with van der Waals surface area (Å²) >= 11 is 0. The average molecular weight is 183 g/mol. The zero-order chi connectivity index (χ0) is 9.42. The highest BCUT2D eigenvalue weighted by Gasteiger charge is 2.40. The van der Waals surface area contributed by atoms with E-state index in [1.165, 1.54) is 6.92 Å². The highest BCUT2D eigenvalue weighted by molar-refractivity contribution is 5.82. The molecule has 0 radical (unpaired) electrons. The molecule has 0 aromatic heterocycles. The summed E-state index contributed by atoms with van der Waals surface area (Å²) in [7, 11) is 0. The van der Waals surface area contributed by atoms with E-state index in [0.717, 1.165) is 12.8 Å². The third-order valence-electron chi connectivity index (χ3n) is 2.42. The van der Waals surface area contributed by atoms with Gasteiger partial charge in [0.1, 0.15) is 6.10 Å². The minimum atomic E-state index is -0.261. The Morgan fingerprint density at radius 2 is 1.92 bits per heavy atom. The second-order valence-corrected chi connectivity index (χ2v) is 3.75. The molecule has 1 saturated heterocycles. The quantitative estimate of drug-likeness (QED) is 0.573. The van der Waals surface area contributed by atoms with Crippen LogP contribution in [0.25, 0.3) is 0 Å². The maximum absolute atomic E-state index is 11.4. The predicted molar refractivity (Wildman–Crippen MR) is 44.9 cm³/mol. The van der Waals surface area contributed by atoms with Gasteiger partial charge in [-0.2, -0.15) is 0 Å². The van der Waals surface area contributed by atoms with Crippen molar-refractivity contribution in [2.45, 2.75) is 25.9 Å². The van der Waals surface area contributed by atoms with E-state index < -0.39 is 0 Å². The van der Waals surface area contributed by atoms with Gasteiger partial charge in [0.05, 0.1) is 13.1 Å². The Bertz CT molecular complexity index is 241. The van der Waals surface area contributed by atoms with Crippen LogP contribution in [0.15, 0.2) is 0 Å². The zero-order valence-electron chi connectivity index (χ0n) is 7.66. The molecule has 1 aliphatic heterocycles. The van der Waals surface area contributed by atoms with E-state index in [0.29, 0.717) is 13.1 Å². The highest BCUT2D eigenvalue weighted by atomic mass is 16.5. The molecule has 0 aromatic rings. The summed E-state index contributed by atoms with van der Waals surface area (Å²) in [5.74, 6) is 0.255. The van der Waals surface area contributed by atoms with Crippen molar-refractivity contribution in [1.82, 2.24) is 4.90 Å². The highest BCUT2D eigenvalue weighted by Crippen LogP contribution is 2.32. The molecule has 0 spiro atoms. The van der Waals surface area contributed by atoms with Gasteiger partial charge in [0.25, 0.3) is 0 Å². The van der Waals surface area contributed by atoms with Crippen molar-refractivity contribution in [2.75, 3.05) is 13.1 Å². The Morgan fingerprint density at radius 1 is 1.31 bits per heavy atom. The molecule has 1 heterocycles. The number of nitrogens with zero attached hydrogens (tertiary/aromatic N) is 1. The van der Waals surface area contributed by atoms with Crippen LogP contribution in [0.2, 0.25) is 0 Å². The lowest BCUT2D eigenvalue weighted by Gasteiger charge is -2.38. The molecule has 1 saturated carbocycles. The van der Waals surface area contributed by atoms with Gasteiger partial charge >= 0.3 is 5.97 Å². The fraction of sp³-hybridized carbons (Fsp3) is 0.778. The third-order valence-corrected chi connectivity index (χ3v) is 2.42. The average Bonchev–Trinajstić information content (AvgIpc) is 2.75. The smallest absolute Gasteiger partial charge is 0.303 e. The van der Waals surface area contributed by atoms with E-state index in [1.807, 2.05) is 0 Å². The lowest BCUT2D eigenvalue weighted by atomic mass is 10.1. The number of esters is 1. The maximum Gasteiger partial charge on any atom is 0.303 e. The number of likely N-dealkylation sites (tertiary alicyclic amines) is 1. The lowest BCUT2D eigenvalue weighted by Crippen LogP contribution is -2.55. The van der Waals surface area contributed by atoms with Gasteiger partial charge < -0.3 is 9.64 Å². The SMILES string of the molecule is CC(=O)OC1CN(C(=O)C2CC2)C1. The molecule has 4 heteroatoms. The number of carbonyl (C=O) groups is 2. The van der Waals surface area contributed by atoms with Gasteiger partial charge in [0.15, 0.2) is 0 Å². The van der Waals surface area contributed by atoms with Crippen molar-refractivity contribution in [3.8, 4) is 0 Å². The second kappa shape index (κ2) is 3.01. The normalized spacial score (nSPS) is 22.4. The van der Waals surface area contributed by atoms with Crippen molar-refractivity contribution in [2.24, 2.45) is 5.92 Å². The molecule has 72 valence electrons. The first-order valence-electron chi connectivity index (χ1n) is 4.63. The van der Waals surface area contributed by atoms with Crippen LogP contribution in [-0.2, 0) is 14.3 Å². The van der Waals surface area contributed by atoms with Crippen molar-refractivity contribution in [3.05, 3.63) is 0 Å². The van der Waals surface area contributed by atoms with Gasteiger partial charge in [-0.05, 0) is 12.8 Å². The molecule has 0 atom stereocenters. The molecule has 4 nitrogen and oxygen atoms in total. The first-order valence-corrected chi connectivity index (χ1v) is 4.63. The maximum atomic E-state index is 11.4. The molecule has 0 bridgehead atoms. The number of amides is 1. The first-order chi connectivity index (χ1) is 6.16. The van der Waals surface area contributed by atoms with Crippen LogP contribution in [0.3, 0.4) is 0 Å². The van der Waals surface area contributed by atoms with Gasteiger partial charge in [-0.3, -0.25) is 9.59 Å². The summed E-state index contributed by atoms with van der Waals surface area (Å²) in [5, 5.41) is 0. The van der Waals surface area contributed by atoms with Gasteiger partial charge in [-0.15, -0.1) is 0 Å². The number of carbonyl (C=O) groups excluding carboxylic acids is 2. The lowest BCUT2D eigenvalue weighted by molar-refractivity contribution is -0.162. The van der Waals surface area contributed by atoms with Gasteiger partial charge in [0, 0.05) is 12.8 Å². The van der Waals surface area contributed by atoms with Gasteiger partial charge in [0.2, 0.25) is 5.91 Å². The summed E-state index contributed by atoms with van der Waals surface area (Å²) < 4.78 is 4.93. The second-order valence-electron chi connectivity index (χ2n) is 3.75. The van der Waals surface area contributed by atoms with E-state index in [-0.39, 0.29) is 23.9 Å². The Labute approximate surface area is 76.8 Å². The molecule has 0 N–H and O–H groups in total. The fourth-order valence-corrected chi connectivity index (χ4v) is 1.52. The standard InChI is InChI=1S/C9H13NO3/c1-6(11)13-8-4-10(5-8)9(12)7-2-3-7/h7-8H,2-5H2,1H3. The molecular weight excluding hydrogens is 170 g/mol. The van der Waals surface area contributed by atoms with E-state index >= 15 is 0 Å². The molecule has 0 unspecified atom stereocenters. The number of hydrogen-bond acceptors (Lipinski definition) is 3. The summed E-state index contributed by atoms with van der Waals surface area (Å²) in [6.45, 7) is 2.58. The molecule has 0 aromatic carbocycles. The van der Waals surface area contributed by atoms with E-state index in [1.54, 1.807) is 4.90 Å². The fourth-order valence-electron chi connectivity index (χ4n) is 1.52. The van der Waals surface area contributed by atoms with Crippen LogP contribution < -0.4 is 0 Å². The summed E-state index contributed by atoms with van der Waals surface area (Å²) in [4.78, 5) is 23.7.